The summed E-state index contributed by atoms with van der Waals surface area (Å²) in [4.78, 5) is 11.6. The molecule has 1 fully saturated rings. The molecule has 0 spiro atoms. The van der Waals surface area contributed by atoms with E-state index in [0.717, 1.165) is 11.5 Å². The topological polar surface area (TPSA) is 88.6 Å². The van der Waals surface area contributed by atoms with Crippen molar-refractivity contribution in [1.82, 2.24) is 14.0 Å². The van der Waals surface area contributed by atoms with E-state index in [0.29, 0.717) is 18.7 Å². The first-order valence-corrected chi connectivity index (χ1v) is 9.73. The molecule has 26 heavy (non-hydrogen) atoms. The molecule has 1 aromatic heterocycles. The van der Waals surface area contributed by atoms with Crippen LogP contribution in [0.15, 0.2) is 34.5 Å². The first-order chi connectivity index (χ1) is 11.9. The Kier molecular flexibility index (Phi) is 6.69. The summed E-state index contributed by atoms with van der Waals surface area (Å²) >= 11 is 0.868. The molecule has 2 aromatic rings. The molecule has 1 aliphatic heterocycles. The van der Waals surface area contributed by atoms with E-state index in [9.17, 15) is 17.6 Å². The van der Waals surface area contributed by atoms with Gasteiger partial charge in [0.15, 0.2) is 5.69 Å². The van der Waals surface area contributed by atoms with Crippen LogP contribution in [0.25, 0.3) is 0 Å². The van der Waals surface area contributed by atoms with Crippen LogP contribution in [-0.2, 0) is 14.8 Å². The molecule has 1 aliphatic rings. The van der Waals surface area contributed by atoms with Crippen molar-refractivity contribution in [3.63, 3.8) is 0 Å². The van der Waals surface area contributed by atoms with Crippen molar-refractivity contribution in [3.8, 4) is 0 Å². The fraction of sp³-hybridized carbons (Fsp3) is 0.333. The van der Waals surface area contributed by atoms with Crippen LogP contribution in [-0.4, -0.2) is 49.8 Å². The molecule has 1 N–H and O–H groups in total. The first kappa shape index (κ1) is 20.7. The van der Waals surface area contributed by atoms with Gasteiger partial charge >= 0.3 is 5.97 Å². The highest BCUT2D eigenvalue weighted by Gasteiger charge is 2.38. The number of carbonyl (C=O) groups excluding carboxylic acids is 1. The quantitative estimate of drug-likeness (QED) is 0.757. The number of rotatable bonds is 4. The molecular weight excluding hydrogens is 405 g/mol. The minimum Gasteiger partial charge on any atom is -0.464 e. The summed E-state index contributed by atoms with van der Waals surface area (Å²) in [6.07, 6.45) is 0. The molecule has 142 valence electrons. The molecule has 1 atom stereocenters. The van der Waals surface area contributed by atoms with Gasteiger partial charge in [0.1, 0.15) is 10.7 Å². The average molecular weight is 422 g/mol. The molecule has 1 saturated heterocycles. The highest BCUT2D eigenvalue weighted by Crippen LogP contribution is 2.31. The van der Waals surface area contributed by atoms with Crippen LogP contribution in [0.1, 0.15) is 22.1 Å². The average Bonchev–Trinajstić information content (AvgIpc) is 3.12. The highest BCUT2D eigenvalue weighted by molar-refractivity contribution is 7.89. The molecule has 1 unspecified atom stereocenters. The second kappa shape index (κ2) is 8.40. The number of nitrogens with zero attached hydrogens (tertiary/aromatic N) is 2. The Balaban J connectivity index is 0.00000243. The molecule has 7 nitrogen and oxygen atoms in total. The van der Waals surface area contributed by atoms with Crippen LogP contribution >= 0.6 is 23.9 Å². The summed E-state index contributed by atoms with van der Waals surface area (Å²) in [5.41, 5.74) is 0.308. The summed E-state index contributed by atoms with van der Waals surface area (Å²) in [7, 11) is -2.83. The van der Waals surface area contributed by atoms with Gasteiger partial charge in [-0.3, -0.25) is 0 Å². The van der Waals surface area contributed by atoms with Crippen LogP contribution in [0.2, 0.25) is 0 Å². The molecule has 2 heterocycles. The molecule has 0 bridgehead atoms. The number of ether oxygens (including phenoxy) is 1. The van der Waals surface area contributed by atoms with Crippen LogP contribution in [0, 0.1) is 5.82 Å². The van der Waals surface area contributed by atoms with E-state index in [1.165, 1.54) is 35.0 Å². The predicted octanol–water partition coefficient (Wildman–Crippen LogP) is 1.83. The van der Waals surface area contributed by atoms with Crippen molar-refractivity contribution >= 4 is 39.9 Å². The number of sulfonamides is 1. The predicted molar refractivity (Wildman–Crippen MR) is 96.6 cm³/mol. The maximum Gasteiger partial charge on any atom is 0.359 e. The number of nitrogens with one attached hydrogen (secondary N) is 1. The van der Waals surface area contributed by atoms with E-state index < -0.39 is 27.9 Å². The first-order valence-electron chi connectivity index (χ1n) is 7.46. The summed E-state index contributed by atoms with van der Waals surface area (Å²) < 4.78 is 49.5. The van der Waals surface area contributed by atoms with Gasteiger partial charge in [-0.1, -0.05) is 12.1 Å². The number of hydrogen-bond donors (Lipinski definition) is 1. The van der Waals surface area contributed by atoms with Gasteiger partial charge in [0.2, 0.25) is 10.0 Å². The standard InChI is InChI=1S/C15H16FN3O4S2.ClH/c1-23-15(20)14-13(9-24-18-14)25(21,22)19-6-5-17-8-12(19)10-3-2-4-11(16)7-10;/h2-4,7,9,12,17H,5-6,8H2,1H3;1H. The Morgan fingerprint density at radius 1 is 1.46 bits per heavy atom. The Bertz CT molecular complexity index is 891. The van der Waals surface area contributed by atoms with Crippen molar-refractivity contribution in [2.45, 2.75) is 10.9 Å². The second-order valence-electron chi connectivity index (χ2n) is 5.41. The van der Waals surface area contributed by atoms with Crippen LogP contribution < -0.4 is 5.32 Å². The Labute approximate surface area is 160 Å². The zero-order chi connectivity index (χ0) is 18.0. The maximum absolute atomic E-state index is 13.6. The van der Waals surface area contributed by atoms with Gasteiger partial charge in [-0.05, 0) is 29.2 Å². The molecule has 0 radical (unpaired) electrons. The zero-order valence-electron chi connectivity index (χ0n) is 13.7. The number of methoxy groups -OCH3 is 1. The largest absolute Gasteiger partial charge is 0.464 e. The number of hydrogen-bond acceptors (Lipinski definition) is 7. The van der Waals surface area contributed by atoms with Gasteiger partial charge in [0, 0.05) is 25.0 Å². The molecule has 0 amide bonds. The van der Waals surface area contributed by atoms with E-state index in [2.05, 4.69) is 14.4 Å². The van der Waals surface area contributed by atoms with Gasteiger partial charge in [-0.15, -0.1) is 12.4 Å². The smallest absolute Gasteiger partial charge is 0.359 e. The molecule has 3 rings (SSSR count). The number of piperazine rings is 1. The van der Waals surface area contributed by atoms with Crippen molar-refractivity contribution in [2.24, 2.45) is 0 Å². The van der Waals surface area contributed by atoms with Crippen molar-refractivity contribution in [3.05, 3.63) is 46.7 Å². The number of benzene rings is 1. The minimum absolute atomic E-state index is 0. The van der Waals surface area contributed by atoms with Crippen LogP contribution in [0.4, 0.5) is 4.39 Å². The number of carbonyl (C=O) groups is 1. The lowest BCUT2D eigenvalue weighted by molar-refractivity contribution is 0.0590. The number of esters is 1. The van der Waals surface area contributed by atoms with Gasteiger partial charge in [-0.25, -0.2) is 17.6 Å². The third-order valence-corrected chi connectivity index (χ3v) is 6.63. The Morgan fingerprint density at radius 2 is 2.23 bits per heavy atom. The molecule has 1 aromatic carbocycles. The van der Waals surface area contributed by atoms with E-state index in [-0.39, 0.29) is 29.5 Å². The van der Waals surface area contributed by atoms with Gasteiger partial charge in [0.05, 0.1) is 13.2 Å². The Morgan fingerprint density at radius 3 is 2.92 bits per heavy atom. The van der Waals surface area contributed by atoms with Crippen molar-refractivity contribution in [1.29, 1.82) is 0 Å². The Hall–Kier alpha value is -1.59. The van der Waals surface area contributed by atoms with Gasteiger partial charge < -0.3 is 10.1 Å². The van der Waals surface area contributed by atoms with Gasteiger partial charge in [0.25, 0.3) is 0 Å². The summed E-state index contributed by atoms with van der Waals surface area (Å²) in [6.45, 7) is 0.990. The lowest BCUT2D eigenvalue weighted by atomic mass is 10.1. The summed E-state index contributed by atoms with van der Waals surface area (Å²) in [6, 6.07) is 5.25. The summed E-state index contributed by atoms with van der Waals surface area (Å²) in [5, 5.41) is 4.43. The van der Waals surface area contributed by atoms with E-state index in [1.54, 1.807) is 6.07 Å². The molecule has 0 saturated carbocycles. The van der Waals surface area contributed by atoms with E-state index in [4.69, 9.17) is 0 Å². The minimum atomic E-state index is -4.00. The normalized spacial score (nSPS) is 18.2. The highest BCUT2D eigenvalue weighted by atomic mass is 35.5. The number of aromatic nitrogens is 1. The lowest BCUT2D eigenvalue weighted by Crippen LogP contribution is -2.48. The van der Waals surface area contributed by atoms with Crippen molar-refractivity contribution < 1.29 is 22.3 Å². The fourth-order valence-corrected chi connectivity index (χ4v) is 5.44. The fourth-order valence-electron chi connectivity index (χ4n) is 2.74. The third-order valence-electron chi connectivity index (χ3n) is 3.93. The molecular formula is C15H17ClFN3O4S2. The maximum atomic E-state index is 13.6. The lowest BCUT2D eigenvalue weighted by Gasteiger charge is -2.35. The molecule has 0 aliphatic carbocycles. The third kappa shape index (κ3) is 3.89. The van der Waals surface area contributed by atoms with Crippen LogP contribution in [0.5, 0.6) is 0 Å². The van der Waals surface area contributed by atoms with E-state index in [1.807, 2.05) is 0 Å². The van der Waals surface area contributed by atoms with Crippen LogP contribution in [0.3, 0.4) is 0 Å². The zero-order valence-corrected chi connectivity index (χ0v) is 16.2. The molecule has 11 heteroatoms. The monoisotopic (exact) mass is 421 g/mol. The van der Waals surface area contributed by atoms with E-state index >= 15 is 0 Å². The summed E-state index contributed by atoms with van der Waals surface area (Å²) in [5.74, 6) is -1.25. The van der Waals surface area contributed by atoms with Crippen molar-refractivity contribution in [2.75, 3.05) is 26.7 Å². The van der Waals surface area contributed by atoms with Gasteiger partial charge in [-0.2, -0.15) is 8.68 Å². The SMILES string of the molecule is COC(=O)c1nscc1S(=O)(=O)N1CCNCC1c1cccc(F)c1.Cl. The number of halogens is 2. The second-order valence-corrected chi connectivity index (χ2v) is 7.90.